The Labute approximate surface area is 117 Å². The lowest BCUT2D eigenvalue weighted by atomic mass is 10.1. The monoisotopic (exact) mass is 274 g/mol. The number of hydrogen-bond acceptors (Lipinski definition) is 3. The van der Waals surface area contributed by atoms with Crippen molar-refractivity contribution in [3.63, 3.8) is 0 Å². The van der Waals surface area contributed by atoms with Crippen LogP contribution in [-0.2, 0) is 11.2 Å². The van der Waals surface area contributed by atoms with Crippen LogP contribution in [0.2, 0.25) is 0 Å². The molecule has 1 atom stereocenters. The first kappa shape index (κ1) is 13.6. The molecule has 2 aromatic rings. The zero-order chi connectivity index (χ0) is 13.7. The second-order valence-corrected chi connectivity index (χ2v) is 5.53. The highest BCUT2D eigenvalue weighted by molar-refractivity contribution is 7.10. The summed E-state index contributed by atoms with van der Waals surface area (Å²) in [5.74, 6) is 0.0725. The van der Waals surface area contributed by atoms with Gasteiger partial charge in [-0.05, 0) is 42.5 Å². The molecule has 0 saturated heterocycles. The number of anilines is 1. The third-order valence-corrected chi connectivity index (χ3v) is 3.99. The van der Waals surface area contributed by atoms with Gasteiger partial charge in [0.1, 0.15) is 0 Å². The number of nitrogen functional groups attached to an aromatic ring is 1. The molecular weight excluding hydrogens is 256 g/mol. The Morgan fingerprint density at radius 3 is 2.89 bits per heavy atom. The fourth-order valence-corrected chi connectivity index (χ4v) is 2.66. The summed E-state index contributed by atoms with van der Waals surface area (Å²) < 4.78 is 0. The number of aryl methyl sites for hydroxylation is 1. The van der Waals surface area contributed by atoms with Crippen LogP contribution in [0.25, 0.3) is 0 Å². The van der Waals surface area contributed by atoms with Crippen molar-refractivity contribution in [3.8, 4) is 0 Å². The summed E-state index contributed by atoms with van der Waals surface area (Å²) in [5.41, 5.74) is 7.55. The first-order chi connectivity index (χ1) is 9.15. The predicted molar refractivity (Wildman–Crippen MR) is 80.1 cm³/mol. The van der Waals surface area contributed by atoms with E-state index < -0.39 is 0 Å². The van der Waals surface area contributed by atoms with E-state index in [0.717, 1.165) is 11.3 Å². The number of nitrogens with one attached hydrogen (secondary N) is 1. The number of rotatable bonds is 5. The molecule has 1 amide bonds. The molecule has 0 radical (unpaired) electrons. The molecule has 0 fully saturated rings. The predicted octanol–water partition coefficient (Wildman–Crippen LogP) is 3.14. The van der Waals surface area contributed by atoms with Gasteiger partial charge in [-0.1, -0.05) is 18.2 Å². The van der Waals surface area contributed by atoms with Crippen LogP contribution in [0.3, 0.4) is 0 Å². The van der Waals surface area contributed by atoms with Gasteiger partial charge in [0.2, 0.25) is 5.91 Å². The van der Waals surface area contributed by atoms with Gasteiger partial charge in [-0.2, -0.15) is 0 Å². The first-order valence-electron chi connectivity index (χ1n) is 6.32. The molecule has 19 heavy (non-hydrogen) atoms. The summed E-state index contributed by atoms with van der Waals surface area (Å²) in [6.07, 6.45) is 1.20. The number of carbonyl (C=O) groups is 1. The third kappa shape index (κ3) is 4.10. The second kappa shape index (κ2) is 6.38. The van der Waals surface area contributed by atoms with E-state index >= 15 is 0 Å². The summed E-state index contributed by atoms with van der Waals surface area (Å²) in [6, 6.07) is 11.8. The van der Waals surface area contributed by atoms with Crippen LogP contribution in [0.15, 0.2) is 41.8 Å². The quantitative estimate of drug-likeness (QED) is 0.823. The molecule has 0 bridgehead atoms. The molecular formula is C15H18N2OS. The number of amides is 1. The molecule has 0 saturated carbocycles. The van der Waals surface area contributed by atoms with Gasteiger partial charge in [0.05, 0.1) is 6.04 Å². The summed E-state index contributed by atoms with van der Waals surface area (Å²) in [5, 5.41) is 5.03. The Morgan fingerprint density at radius 2 is 2.21 bits per heavy atom. The zero-order valence-electron chi connectivity index (χ0n) is 10.9. The second-order valence-electron chi connectivity index (χ2n) is 4.55. The van der Waals surface area contributed by atoms with Gasteiger partial charge < -0.3 is 11.1 Å². The lowest BCUT2D eigenvalue weighted by Gasteiger charge is -2.12. The molecule has 0 aliphatic carbocycles. The van der Waals surface area contributed by atoms with E-state index in [1.54, 1.807) is 11.3 Å². The Balaban J connectivity index is 1.82. The third-order valence-electron chi connectivity index (χ3n) is 2.94. The minimum atomic E-state index is 0.0725. The van der Waals surface area contributed by atoms with Gasteiger partial charge in [0, 0.05) is 17.0 Å². The molecule has 4 heteroatoms. The van der Waals surface area contributed by atoms with Gasteiger partial charge >= 0.3 is 0 Å². The minimum absolute atomic E-state index is 0.0725. The summed E-state index contributed by atoms with van der Waals surface area (Å²) in [7, 11) is 0. The van der Waals surface area contributed by atoms with Crippen molar-refractivity contribution in [3.05, 3.63) is 52.2 Å². The van der Waals surface area contributed by atoms with Crippen LogP contribution < -0.4 is 11.1 Å². The van der Waals surface area contributed by atoms with Crippen molar-refractivity contribution in [1.29, 1.82) is 0 Å². The Kier molecular flexibility index (Phi) is 4.58. The molecule has 0 spiro atoms. The number of thiophene rings is 1. The van der Waals surface area contributed by atoms with E-state index in [-0.39, 0.29) is 11.9 Å². The van der Waals surface area contributed by atoms with Crippen molar-refractivity contribution in [2.75, 3.05) is 5.73 Å². The molecule has 1 heterocycles. The minimum Gasteiger partial charge on any atom is -0.399 e. The highest BCUT2D eigenvalue weighted by atomic mass is 32.1. The topological polar surface area (TPSA) is 55.1 Å². The smallest absolute Gasteiger partial charge is 0.220 e. The first-order valence-corrected chi connectivity index (χ1v) is 7.20. The summed E-state index contributed by atoms with van der Waals surface area (Å²) in [6.45, 7) is 2.00. The van der Waals surface area contributed by atoms with Gasteiger partial charge in [-0.25, -0.2) is 0 Å². The standard InChI is InChI=1S/C15H18N2OS/c1-11(14-6-3-9-19-14)17-15(18)8-7-12-4-2-5-13(16)10-12/h2-6,9-11H,7-8,16H2,1H3,(H,17,18). The number of carbonyl (C=O) groups excluding carboxylic acids is 1. The summed E-state index contributed by atoms with van der Waals surface area (Å²) >= 11 is 1.66. The van der Waals surface area contributed by atoms with Crippen molar-refractivity contribution in [1.82, 2.24) is 5.32 Å². The van der Waals surface area contributed by atoms with Crippen LogP contribution in [0.5, 0.6) is 0 Å². The molecule has 0 aliphatic heterocycles. The van der Waals surface area contributed by atoms with Crippen molar-refractivity contribution < 1.29 is 4.79 Å². The number of nitrogens with two attached hydrogens (primary N) is 1. The Bertz CT molecular complexity index is 537. The molecule has 0 aliphatic rings. The highest BCUT2D eigenvalue weighted by Crippen LogP contribution is 2.18. The number of hydrogen-bond donors (Lipinski definition) is 2. The van der Waals surface area contributed by atoms with Gasteiger partial charge in [-0.15, -0.1) is 11.3 Å². The Morgan fingerprint density at radius 1 is 1.37 bits per heavy atom. The van der Waals surface area contributed by atoms with Crippen LogP contribution in [0.1, 0.15) is 29.8 Å². The van der Waals surface area contributed by atoms with E-state index in [9.17, 15) is 4.79 Å². The largest absolute Gasteiger partial charge is 0.399 e. The van der Waals surface area contributed by atoms with Crippen molar-refractivity contribution >= 4 is 22.9 Å². The van der Waals surface area contributed by atoms with Gasteiger partial charge in [-0.3, -0.25) is 4.79 Å². The Hall–Kier alpha value is -1.81. The normalized spacial score (nSPS) is 12.1. The van der Waals surface area contributed by atoms with E-state index in [1.807, 2.05) is 48.7 Å². The molecule has 3 N–H and O–H groups in total. The molecule has 1 aromatic carbocycles. The van der Waals surface area contributed by atoms with E-state index in [0.29, 0.717) is 12.8 Å². The van der Waals surface area contributed by atoms with Crippen molar-refractivity contribution in [2.45, 2.75) is 25.8 Å². The number of benzene rings is 1. The average Bonchev–Trinajstić information content (AvgIpc) is 2.90. The summed E-state index contributed by atoms with van der Waals surface area (Å²) in [4.78, 5) is 13.0. The lowest BCUT2D eigenvalue weighted by molar-refractivity contribution is -0.121. The fraction of sp³-hybridized carbons (Fsp3) is 0.267. The van der Waals surface area contributed by atoms with Gasteiger partial charge in [0.25, 0.3) is 0 Å². The van der Waals surface area contributed by atoms with E-state index in [4.69, 9.17) is 5.73 Å². The molecule has 1 aromatic heterocycles. The van der Waals surface area contributed by atoms with Crippen LogP contribution in [0, 0.1) is 0 Å². The maximum atomic E-state index is 11.9. The lowest BCUT2D eigenvalue weighted by Crippen LogP contribution is -2.26. The fourth-order valence-electron chi connectivity index (χ4n) is 1.93. The molecule has 3 nitrogen and oxygen atoms in total. The van der Waals surface area contributed by atoms with Crippen LogP contribution >= 0.6 is 11.3 Å². The van der Waals surface area contributed by atoms with E-state index in [2.05, 4.69) is 5.32 Å². The van der Waals surface area contributed by atoms with Crippen molar-refractivity contribution in [2.24, 2.45) is 0 Å². The molecule has 1 unspecified atom stereocenters. The van der Waals surface area contributed by atoms with Crippen LogP contribution in [0.4, 0.5) is 5.69 Å². The maximum absolute atomic E-state index is 11.9. The van der Waals surface area contributed by atoms with Crippen LogP contribution in [-0.4, -0.2) is 5.91 Å². The SMILES string of the molecule is CC(NC(=O)CCc1cccc(N)c1)c1cccs1. The average molecular weight is 274 g/mol. The van der Waals surface area contributed by atoms with Gasteiger partial charge in [0.15, 0.2) is 0 Å². The molecule has 2 rings (SSSR count). The van der Waals surface area contributed by atoms with E-state index in [1.165, 1.54) is 4.88 Å². The highest BCUT2D eigenvalue weighted by Gasteiger charge is 2.10. The maximum Gasteiger partial charge on any atom is 0.220 e. The zero-order valence-corrected chi connectivity index (χ0v) is 11.7. The molecule has 100 valence electrons.